The maximum absolute atomic E-state index is 13.4. The van der Waals surface area contributed by atoms with E-state index < -0.39 is 39.3 Å². The third-order valence-corrected chi connectivity index (χ3v) is 9.05. The van der Waals surface area contributed by atoms with Crippen molar-refractivity contribution < 1.29 is 27.7 Å². The van der Waals surface area contributed by atoms with Crippen molar-refractivity contribution in [3.8, 4) is 0 Å². The van der Waals surface area contributed by atoms with Crippen LogP contribution < -0.4 is 0 Å². The molecule has 2 heterocycles. The van der Waals surface area contributed by atoms with Crippen molar-refractivity contribution in [2.75, 3.05) is 25.2 Å². The molecule has 0 unspecified atom stereocenters. The second-order valence-electron chi connectivity index (χ2n) is 9.84. The van der Waals surface area contributed by atoms with Crippen LogP contribution in [0.4, 0.5) is 5.69 Å². The molecule has 2 aromatic carbocycles. The Morgan fingerprint density at radius 1 is 1.15 bits per heavy atom. The molecule has 1 aliphatic heterocycles. The van der Waals surface area contributed by atoms with E-state index in [1.54, 1.807) is 18.2 Å². The van der Waals surface area contributed by atoms with E-state index in [0.717, 1.165) is 29.5 Å². The average molecular weight is 550 g/mol. The van der Waals surface area contributed by atoms with Crippen LogP contribution in [0.3, 0.4) is 0 Å². The number of nitro groups is 1. The van der Waals surface area contributed by atoms with Gasteiger partial charge in [0.1, 0.15) is 0 Å². The van der Waals surface area contributed by atoms with Crippen LogP contribution in [0, 0.1) is 10.1 Å². The maximum Gasteiger partial charge on any atom is 0.339 e. The second kappa shape index (κ2) is 10.6. The number of amides is 1. The zero-order chi connectivity index (χ0) is 27.7. The number of para-hydroxylation sites is 1. The van der Waals surface area contributed by atoms with Crippen molar-refractivity contribution in [2.45, 2.75) is 31.7 Å². The van der Waals surface area contributed by atoms with Crippen LogP contribution >= 0.6 is 0 Å². The Morgan fingerprint density at radius 3 is 2.59 bits per heavy atom. The summed E-state index contributed by atoms with van der Waals surface area (Å²) in [6, 6.07) is 13.1. The zero-order valence-electron chi connectivity index (χ0n) is 21.3. The molecule has 1 atom stereocenters. The number of likely N-dealkylation sites (N-methyl/N-ethyl adjacent to an activating group) is 1. The highest BCUT2D eigenvalue weighted by Crippen LogP contribution is 2.36. The third kappa shape index (κ3) is 5.53. The first-order chi connectivity index (χ1) is 18.6. The SMILES string of the molecule is CN(C(=O)COC(=O)c1c2c(nc3ccccc13)/C(=C/c1ccc([N+](=O)[O-])cc1)CCC2)[C@@H]1CCS(=O)(=O)C1. The molecule has 39 heavy (non-hydrogen) atoms. The Bertz CT molecular complexity index is 1610. The fourth-order valence-corrected chi connectivity index (χ4v) is 6.96. The molecule has 3 aromatic rings. The molecule has 10 nitrogen and oxygen atoms in total. The molecule has 1 saturated heterocycles. The summed E-state index contributed by atoms with van der Waals surface area (Å²) in [6.07, 6.45) is 4.38. The molecule has 0 radical (unpaired) electrons. The number of rotatable bonds is 6. The minimum Gasteiger partial charge on any atom is -0.452 e. The Hall–Kier alpha value is -4.12. The predicted octanol–water partition coefficient (Wildman–Crippen LogP) is 3.82. The van der Waals surface area contributed by atoms with Crippen molar-refractivity contribution >= 4 is 50.0 Å². The molecule has 5 rings (SSSR count). The first kappa shape index (κ1) is 26.5. The minimum absolute atomic E-state index is 0.00472. The van der Waals surface area contributed by atoms with E-state index in [0.29, 0.717) is 35.0 Å². The number of nitrogens with zero attached hydrogens (tertiary/aromatic N) is 3. The van der Waals surface area contributed by atoms with E-state index >= 15 is 0 Å². The zero-order valence-corrected chi connectivity index (χ0v) is 22.1. The number of hydrogen-bond acceptors (Lipinski definition) is 8. The summed E-state index contributed by atoms with van der Waals surface area (Å²) < 4.78 is 29.1. The molecular weight excluding hydrogens is 522 g/mol. The summed E-state index contributed by atoms with van der Waals surface area (Å²) in [6.45, 7) is -0.497. The molecule has 1 aromatic heterocycles. The van der Waals surface area contributed by atoms with Crippen LogP contribution in [0.1, 0.15) is 46.4 Å². The van der Waals surface area contributed by atoms with Crippen molar-refractivity contribution in [3.05, 3.63) is 81.0 Å². The van der Waals surface area contributed by atoms with Gasteiger partial charge < -0.3 is 9.64 Å². The number of nitro benzene ring substituents is 1. The van der Waals surface area contributed by atoms with E-state index in [2.05, 4.69) is 0 Å². The lowest BCUT2D eigenvalue weighted by Gasteiger charge is -2.24. The van der Waals surface area contributed by atoms with Gasteiger partial charge in [-0.15, -0.1) is 0 Å². The largest absolute Gasteiger partial charge is 0.452 e. The maximum atomic E-state index is 13.4. The number of hydrogen-bond donors (Lipinski definition) is 0. The van der Waals surface area contributed by atoms with Crippen LogP contribution in [0.5, 0.6) is 0 Å². The summed E-state index contributed by atoms with van der Waals surface area (Å²) in [4.78, 5) is 43.0. The van der Waals surface area contributed by atoms with Gasteiger partial charge in [0.15, 0.2) is 16.4 Å². The van der Waals surface area contributed by atoms with Gasteiger partial charge in [0, 0.05) is 30.6 Å². The van der Waals surface area contributed by atoms with Gasteiger partial charge >= 0.3 is 5.97 Å². The minimum atomic E-state index is -3.16. The number of ether oxygens (including phenoxy) is 1. The number of pyridine rings is 1. The van der Waals surface area contributed by atoms with Gasteiger partial charge in [0.25, 0.3) is 11.6 Å². The van der Waals surface area contributed by atoms with Gasteiger partial charge in [-0.25, -0.2) is 18.2 Å². The molecule has 11 heteroatoms. The second-order valence-corrected chi connectivity index (χ2v) is 12.1. The van der Waals surface area contributed by atoms with Crippen LogP contribution in [0.2, 0.25) is 0 Å². The molecular formula is C28H27N3O7S. The molecule has 0 N–H and O–H groups in total. The summed E-state index contributed by atoms with van der Waals surface area (Å²) in [5, 5.41) is 11.6. The van der Waals surface area contributed by atoms with Crippen LogP contribution in [-0.2, 0) is 25.8 Å². The smallest absolute Gasteiger partial charge is 0.339 e. The Morgan fingerprint density at radius 2 is 1.90 bits per heavy atom. The van der Waals surface area contributed by atoms with Gasteiger partial charge in [-0.3, -0.25) is 14.9 Å². The van der Waals surface area contributed by atoms with Crippen LogP contribution in [0.15, 0.2) is 48.5 Å². The van der Waals surface area contributed by atoms with Crippen molar-refractivity contribution in [2.24, 2.45) is 0 Å². The van der Waals surface area contributed by atoms with Crippen LogP contribution in [-0.4, -0.2) is 66.3 Å². The first-order valence-electron chi connectivity index (χ1n) is 12.6. The predicted molar refractivity (Wildman–Crippen MR) is 146 cm³/mol. The van der Waals surface area contributed by atoms with Gasteiger partial charge in [-0.2, -0.15) is 0 Å². The molecule has 1 amide bonds. The normalized spacial score (nSPS) is 19.0. The number of sulfone groups is 1. The molecule has 0 spiro atoms. The number of carbonyl (C=O) groups excluding carboxylic acids is 2. The Kier molecular flexibility index (Phi) is 7.17. The van der Waals surface area contributed by atoms with Gasteiger partial charge in [0.2, 0.25) is 0 Å². The number of benzene rings is 2. The lowest BCUT2D eigenvalue weighted by atomic mass is 9.86. The van der Waals surface area contributed by atoms with Crippen molar-refractivity contribution in [3.63, 3.8) is 0 Å². The average Bonchev–Trinajstić information content (AvgIpc) is 3.29. The number of non-ortho nitro benzene ring substituents is 1. The first-order valence-corrected chi connectivity index (χ1v) is 14.5. The Balaban J connectivity index is 1.44. The number of esters is 1. The van der Waals surface area contributed by atoms with E-state index in [1.165, 1.54) is 24.1 Å². The number of allylic oxidation sites excluding steroid dienone is 1. The van der Waals surface area contributed by atoms with Gasteiger partial charge in [-0.1, -0.05) is 18.2 Å². The summed E-state index contributed by atoms with van der Waals surface area (Å²) in [5.41, 5.74) is 4.08. The highest BCUT2D eigenvalue weighted by molar-refractivity contribution is 7.91. The summed E-state index contributed by atoms with van der Waals surface area (Å²) in [5.74, 6) is -1.14. The molecule has 202 valence electrons. The molecule has 1 fully saturated rings. The number of fused-ring (bicyclic) bond motifs is 2. The fourth-order valence-electron chi connectivity index (χ4n) is 5.19. The van der Waals surface area contributed by atoms with Gasteiger partial charge in [0.05, 0.1) is 33.2 Å². The fraction of sp³-hybridized carbons (Fsp3) is 0.321. The van der Waals surface area contributed by atoms with E-state index in [9.17, 15) is 28.1 Å². The Labute approximate surface area is 225 Å². The molecule has 0 saturated carbocycles. The quantitative estimate of drug-likeness (QED) is 0.257. The standard InChI is InChI=1S/C28H27N3O7S/c1-30(21-13-14-39(36,37)17-21)25(32)16-38-28(33)26-22-6-2-3-8-24(22)29-27-19(5-4-7-23(26)27)15-18-9-11-20(12-10-18)31(34)35/h2-3,6,8-12,15,21H,4-5,7,13-14,16-17H2,1H3/b19-15+/t21-/m1/s1. The van der Waals surface area contributed by atoms with Crippen molar-refractivity contribution in [1.82, 2.24) is 9.88 Å². The molecule has 2 aliphatic rings. The molecule has 0 bridgehead atoms. The van der Waals surface area contributed by atoms with E-state index in [4.69, 9.17) is 9.72 Å². The summed E-state index contributed by atoms with van der Waals surface area (Å²) in [7, 11) is -1.63. The number of carbonyl (C=O) groups is 2. The third-order valence-electron chi connectivity index (χ3n) is 7.30. The topological polar surface area (TPSA) is 137 Å². The van der Waals surface area contributed by atoms with E-state index in [1.807, 2.05) is 24.3 Å². The lowest BCUT2D eigenvalue weighted by molar-refractivity contribution is -0.384. The highest BCUT2D eigenvalue weighted by Gasteiger charge is 2.33. The summed E-state index contributed by atoms with van der Waals surface area (Å²) >= 11 is 0. The monoisotopic (exact) mass is 549 g/mol. The lowest BCUT2D eigenvalue weighted by Crippen LogP contribution is -2.40. The van der Waals surface area contributed by atoms with Crippen LogP contribution in [0.25, 0.3) is 22.6 Å². The van der Waals surface area contributed by atoms with Gasteiger partial charge in [-0.05, 0) is 66.7 Å². The van der Waals surface area contributed by atoms with E-state index in [-0.39, 0.29) is 17.2 Å². The highest BCUT2D eigenvalue weighted by atomic mass is 32.2. The molecule has 1 aliphatic carbocycles. The number of aromatic nitrogens is 1. The van der Waals surface area contributed by atoms with Crippen molar-refractivity contribution in [1.29, 1.82) is 0 Å².